The minimum Gasteiger partial charge on any atom is -0.396 e. The first-order valence-corrected chi connectivity index (χ1v) is 6.52. The molecule has 0 radical (unpaired) electrons. The third-order valence-electron chi connectivity index (χ3n) is 3.52. The first-order chi connectivity index (χ1) is 9.24. The van der Waals surface area contributed by atoms with Gasteiger partial charge >= 0.3 is 0 Å². The van der Waals surface area contributed by atoms with E-state index in [-0.39, 0.29) is 12.4 Å². The number of aryl methyl sites for hydroxylation is 1. The molecule has 0 aliphatic carbocycles. The molecule has 1 aliphatic heterocycles. The molecule has 5 heteroatoms. The molecule has 19 heavy (non-hydrogen) atoms. The molecule has 0 fully saturated rings. The summed E-state index contributed by atoms with van der Waals surface area (Å²) in [7, 11) is 0. The summed E-state index contributed by atoms with van der Waals surface area (Å²) in [6.07, 6.45) is 2.25. The van der Waals surface area contributed by atoms with Gasteiger partial charge in [0.25, 0.3) is 0 Å². The Morgan fingerprint density at radius 3 is 3.11 bits per heavy atom. The van der Waals surface area contributed by atoms with E-state index in [9.17, 15) is 9.50 Å². The van der Waals surface area contributed by atoms with Gasteiger partial charge in [-0.15, -0.1) is 0 Å². The van der Waals surface area contributed by atoms with Crippen LogP contribution in [0.5, 0.6) is 0 Å². The second kappa shape index (κ2) is 5.09. The number of hydrogen-bond acceptors (Lipinski definition) is 3. The summed E-state index contributed by atoms with van der Waals surface area (Å²) < 4.78 is 15.0. The molecule has 100 valence electrons. The minimum atomic E-state index is -0.234. The second-order valence-electron chi connectivity index (χ2n) is 5.02. The molecular formula is C14H16FN3O. The zero-order chi connectivity index (χ0) is 13.2. The van der Waals surface area contributed by atoms with Crippen molar-refractivity contribution in [1.29, 1.82) is 0 Å². The first kappa shape index (κ1) is 12.3. The number of aromatic nitrogens is 3. The molecule has 1 atom stereocenters. The molecule has 0 saturated heterocycles. The highest BCUT2D eigenvalue weighted by Crippen LogP contribution is 2.19. The molecule has 2 aromatic rings. The van der Waals surface area contributed by atoms with Gasteiger partial charge in [-0.3, -0.25) is 0 Å². The van der Waals surface area contributed by atoms with Gasteiger partial charge in [-0.05, 0) is 30.0 Å². The lowest BCUT2D eigenvalue weighted by Crippen LogP contribution is -2.22. The summed E-state index contributed by atoms with van der Waals surface area (Å²) in [5.41, 5.74) is 0.877. The van der Waals surface area contributed by atoms with Gasteiger partial charge in [0.1, 0.15) is 11.6 Å². The van der Waals surface area contributed by atoms with Crippen LogP contribution in [0.2, 0.25) is 0 Å². The lowest BCUT2D eigenvalue weighted by molar-refractivity contribution is 0.196. The zero-order valence-electron chi connectivity index (χ0n) is 10.6. The fourth-order valence-electron chi connectivity index (χ4n) is 2.48. The van der Waals surface area contributed by atoms with Crippen LogP contribution in [-0.4, -0.2) is 26.5 Å². The zero-order valence-corrected chi connectivity index (χ0v) is 10.6. The highest BCUT2D eigenvalue weighted by molar-refractivity contribution is 5.20. The van der Waals surface area contributed by atoms with Crippen molar-refractivity contribution in [2.75, 3.05) is 6.61 Å². The standard InChI is InChI=1S/C14H16FN3O/c15-12-3-1-2-10(6-12)7-13-16-14-8-11(9-19)4-5-18(14)17-13/h1-3,6,11,19H,4-5,7-9H2. The number of nitrogens with zero attached hydrogens (tertiary/aromatic N) is 3. The van der Waals surface area contributed by atoms with E-state index in [0.29, 0.717) is 12.3 Å². The smallest absolute Gasteiger partial charge is 0.155 e. The van der Waals surface area contributed by atoms with Crippen LogP contribution in [0.15, 0.2) is 24.3 Å². The molecule has 0 spiro atoms. The normalized spacial score (nSPS) is 18.3. The largest absolute Gasteiger partial charge is 0.396 e. The SMILES string of the molecule is OCC1CCn2nc(Cc3cccc(F)c3)nc2C1. The molecule has 0 bridgehead atoms. The minimum absolute atomic E-state index is 0.200. The Bertz CT molecular complexity index is 582. The Morgan fingerprint density at radius 1 is 1.42 bits per heavy atom. The summed E-state index contributed by atoms with van der Waals surface area (Å²) >= 11 is 0. The number of fused-ring (bicyclic) bond motifs is 1. The Labute approximate surface area is 110 Å². The summed E-state index contributed by atoms with van der Waals surface area (Å²) in [6, 6.07) is 6.51. The van der Waals surface area contributed by atoms with Gasteiger partial charge < -0.3 is 5.11 Å². The van der Waals surface area contributed by atoms with E-state index in [1.807, 2.05) is 10.7 Å². The quantitative estimate of drug-likeness (QED) is 0.912. The Morgan fingerprint density at radius 2 is 2.32 bits per heavy atom. The molecule has 0 saturated carbocycles. The average Bonchev–Trinajstić information content (AvgIpc) is 2.79. The maximum atomic E-state index is 13.1. The molecule has 1 N–H and O–H groups in total. The first-order valence-electron chi connectivity index (χ1n) is 6.52. The topological polar surface area (TPSA) is 50.9 Å². The number of aliphatic hydroxyl groups excluding tert-OH is 1. The van der Waals surface area contributed by atoms with Gasteiger partial charge in [-0.2, -0.15) is 5.10 Å². The molecule has 4 nitrogen and oxygen atoms in total. The summed E-state index contributed by atoms with van der Waals surface area (Å²) in [5, 5.41) is 13.6. The fourth-order valence-corrected chi connectivity index (χ4v) is 2.48. The van der Waals surface area contributed by atoms with E-state index in [4.69, 9.17) is 0 Å². The van der Waals surface area contributed by atoms with Crippen LogP contribution in [-0.2, 0) is 19.4 Å². The van der Waals surface area contributed by atoms with Crippen LogP contribution in [0, 0.1) is 11.7 Å². The maximum absolute atomic E-state index is 13.1. The third kappa shape index (κ3) is 2.66. The van der Waals surface area contributed by atoms with Crippen LogP contribution in [0.1, 0.15) is 23.6 Å². The van der Waals surface area contributed by atoms with E-state index in [0.717, 1.165) is 36.6 Å². The van der Waals surface area contributed by atoms with E-state index in [1.54, 1.807) is 6.07 Å². The van der Waals surface area contributed by atoms with Crippen molar-refractivity contribution in [3.05, 3.63) is 47.3 Å². The molecule has 1 aromatic carbocycles. The van der Waals surface area contributed by atoms with Gasteiger partial charge in [0, 0.05) is 26.0 Å². The van der Waals surface area contributed by atoms with Crippen molar-refractivity contribution in [1.82, 2.24) is 14.8 Å². The average molecular weight is 261 g/mol. The Kier molecular flexibility index (Phi) is 3.29. The maximum Gasteiger partial charge on any atom is 0.155 e. The van der Waals surface area contributed by atoms with Crippen molar-refractivity contribution < 1.29 is 9.50 Å². The summed E-state index contributed by atoms with van der Waals surface area (Å²) in [5.74, 6) is 1.71. The van der Waals surface area contributed by atoms with Crippen molar-refractivity contribution in [2.45, 2.75) is 25.8 Å². The number of halogens is 1. The van der Waals surface area contributed by atoms with Gasteiger partial charge in [0.05, 0.1) is 0 Å². The van der Waals surface area contributed by atoms with Crippen molar-refractivity contribution in [3.63, 3.8) is 0 Å². The molecule has 1 aliphatic rings. The summed E-state index contributed by atoms with van der Waals surface area (Å²) in [4.78, 5) is 4.49. The highest BCUT2D eigenvalue weighted by Gasteiger charge is 2.21. The van der Waals surface area contributed by atoms with E-state index in [1.165, 1.54) is 12.1 Å². The number of hydrogen-bond donors (Lipinski definition) is 1. The second-order valence-corrected chi connectivity index (χ2v) is 5.02. The van der Waals surface area contributed by atoms with Gasteiger partial charge in [-0.1, -0.05) is 12.1 Å². The Balaban J connectivity index is 1.78. The van der Waals surface area contributed by atoms with Crippen LogP contribution >= 0.6 is 0 Å². The molecule has 2 heterocycles. The highest BCUT2D eigenvalue weighted by atomic mass is 19.1. The van der Waals surface area contributed by atoms with Crippen LogP contribution < -0.4 is 0 Å². The lowest BCUT2D eigenvalue weighted by atomic mass is 9.99. The third-order valence-corrected chi connectivity index (χ3v) is 3.52. The van der Waals surface area contributed by atoms with Gasteiger partial charge in [0.15, 0.2) is 5.82 Å². The van der Waals surface area contributed by atoms with Crippen molar-refractivity contribution >= 4 is 0 Å². The van der Waals surface area contributed by atoms with Gasteiger partial charge in [0.2, 0.25) is 0 Å². The van der Waals surface area contributed by atoms with Gasteiger partial charge in [-0.25, -0.2) is 14.1 Å². The Hall–Kier alpha value is -1.75. The molecular weight excluding hydrogens is 245 g/mol. The number of aliphatic hydroxyl groups is 1. The molecule has 0 amide bonds. The monoisotopic (exact) mass is 261 g/mol. The van der Waals surface area contributed by atoms with E-state index >= 15 is 0 Å². The lowest BCUT2D eigenvalue weighted by Gasteiger charge is -2.19. The van der Waals surface area contributed by atoms with Crippen LogP contribution in [0.4, 0.5) is 4.39 Å². The van der Waals surface area contributed by atoms with Crippen molar-refractivity contribution in [3.8, 4) is 0 Å². The van der Waals surface area contributed by atoms with Crippen molar-refractivity contribution in [2.24, 2.45) is 5.92 Å². The van der Waals surface area contributed by atoms with Crippen LogP contribution in [0.25, 0.3) is 0 Å². The molecule has 1 aromatic heterocycles. The van der Waals surface area contributed by atoms with E-state index < -0.39 is 0 Å². The van der Waals surface area contributed by atoms with Crippen LogP contribution in [0.3, 0.4) is 0 Å². The summed E-state index contributed by atoms with van der Waals surface area (Å²) in [6.45, 7) is 1.00. The molecule has 1 unspecified atom stereocenters. The predicted octanol–water partition coefficient (Wildman–Crippen LogP) is 1.56. The van der Waals surface area contributed by atoms with E-state index in [2.05, 4.69) is 10.1 Å². The number of benzene rings is 1. The number of rotatable bonds is 3. The molecule has 3 rings (SSSR count). The predicted molar refractivity (Wildman–Crippen MR) is 68.1 cm³/mol. The fraction of sp³-hybridized carbons (Fsp3) is 0.429.